The molecule has 0 aliphatic rings. The summed E-state index contributed by atoms with van der Waals surface area (Å²) in [5.41, 5.74) is 4.66. The van der Waals surface area contributed by atoms with Gasteiger partial charge in [0.25, 0.3) is 0 Å². The van der Waals surface area contributed by atoms with Crippen LogP contribution in [0.25, 0.3) is 21.8 Å². The topological polar surface area (TPSA) is 42.2 Å². The number of nitrogens with zero attached hydrogens (tertiary/aromatic N) is 1. The van der Waals surface area contributed by atoms with E-state index in [-0.39, 0.29) is 6.42 Å². The largest absolute Gasteiger partial charge is 0.481 e. The van der Waals surface area contributed by atoms with Gasteiger partial charge in [-0.1, -0.05) is 23.3 Å². The van der Waals surface area contributed by atoms with Crippen LogP contribution in [0.15, 0.2) is 36.4 Å². The molecule has 0 aliphatic heterocycles. The predicted molar refractivity (Wildman–Crippen MR) is 81.2 cm³/mol. The first kappa shape index (κ1) is 12.7. The number of hydrogen-bond donors (Lipinski definition) is 1. The van der Waals surface area contributed by atoms with Crippen LogP contribution >= 0.6 is 0 Å². The fraction of sp³-hybridized carbons (Fsp3) is 0.235. The highest BCUT2D eigenvalue weighted by molar-refractivity contribution is 6.08. The molecule has 0 fully saturated rings. The van der Waals surface area contributed by atoms with E-state index in [1.165, 1.54) is 21.9 Å². The van der Waals surface area contributed by atoms with Crippen LogP contribution in [0.5, 0.6) is 0 Å². The Morgan fingerprint density at radius 3 is 1.95 bits per heavy atom. The molecule has 0 saturated heterocycles. The zero-order chi connectivity index (χ0) is 14.3. The Balaban J connectivity index is 2.31. The molecule has 0 bridgehead atoms. The smallest absolute Gasteiger partial charge is 0.305 e. The van der Waals surface area contributed by atoms with Gasteiger partial charge in [-0.2, -0.15) is 0 Å². The van der Waals surface area contributed by atoms with Crippen LogP contribution in [-0.2, 0) is 11.3 Å². The minimum atomic E-state index is -0.765. The van der Waals surface area contributed by atoms with Gasteiger partial charge >= 0.3 is 5.97 Å². The average Bonchev–Trinajstić information content (AvgIpc) is 2.69. The molecule has 0 aliphatic carbocycles. The number of aryl methyl sites for hydroxylation is 3. The van der Waals surface area contributed by atoms with Gasteiger partial charge in [-0.25, -0.2) is 0 Å². The summed E-state index contributed by atoms with van der Waals surface area (Å²) in [6.45, 7) is 4.66. The number of aliphatic carboxylic acids is 1. The van der Waals surface area contributed by atoms with Gasteiger partial charge in [0, 0.05) is 28.4 Å². The highest BCUT2D eigenvalue weighted by Gasteiger charge is 2.11. The van der Waals surface area contributed by atoms with Crippen molar-refractivity contribution in [2.24, 2.45) is 0 Å². The first-order valence-electron chi connectivity index (χ1n) is 6.77. The van der Waals surface area contributed by atoms with Crippen molar-refractivity contribution < 1.29 is 9.90 Å². The second kappa shape index (κ2) is 4.67. The van der Waals surface area contributed by atoms with Gasteiger partial charge in [0.1, 0.15) is 0 Å². The van der Waals surface area contributed by atoms with Crippen LogP contribution in [0, 0.1) is 13.8 Å². The van der Waals surface area contributed by atoms with Crippen molar-refractivity contribution in [2.45, 2.75) is 26.8 Å². The van der Waals surface area contributed by atoms with E-state index in [0.29, 0.717) is 6.54 Å². The third-order valence-corrected chi connectivity index (χ3v) is 3.73. The lowest BCUT2D eigenvalue weighted by Crippen LogP contribution is -2.04. The lowest BCUT2D eigenvalue weighted by molar-refractivity contribution is -0.137. The minimum absolute atomic E-state index is 0.140. The number of carboxylic acid groups (broad SMARTS) is 1. The monoisotopic (exact) mass is 267 g/mol. The van der Waals surface area contributed by atoms with Gasteiger partial charge in [0.05, 0.1) is 6.42 Å². The van der Waals surface area contributed by atoms with E-state index >= 15 is 0 Å². The Hall–Kier alpha value is -2.29. The fourth-order valence-electron chi connectivity index (χ4n) is 2.78. The van der Waals surface area contributed by atoms with Gasteiger partial charge in [-0.15, -0.1) is 0 Å². The van der Waals surface area contributed by atoms with Crippen molar-refractivity contribution in [2.75, 3.05) is 0 Å². The first-order chi connectivity index (χ1) is 9.56. The molecule has 0 radical (unpaired) electrons. The van der Waals surface area contributed by atoms with Crippen LogP contribution in [0.3, 0.4) is 0 Å². The lowest BCUT2D eigenvalue weighted by atomic mass is 10.1. The van der Waals surface area contributed by atoms with Crippen molar-refractivity contribution >= 4 is 27.8 Å². The van der Waals surface area contributed by atoms with E-state index in [9.17, 15) is 4.79 Å². The molecule has 3 rings (SSSR count). The van der Waals surface area contributed by atoms with Crippen LogP contribution in [0.1, 0.15) is 17.5 Å². The number of rotatable bonds is 3. The fourth-order valence-corrected chi connectivity index (χ4v) is 2.78. The molecule has 0 spiro atoms. The van der Waals surface area contributed by atoms with Crippen molar-refractivity contribution in [1.82, 2.24) is 4.57 Å². The quantitative estimate of drug-likeness (QED) is 0.782. The van der Waals surface area contributed by atoms with Crippen LogP contribution in [-0.4, -0.2) is 15.6 Å². The SMILES string of the molecule is Cc1ccc2c(c1)c1cc(C)ccc1n2CCC(=O)O. The Labute approximate surface area is 117 Å². The molecular weight excluding hydrogens is 250 g/mol. The first-order valence-corrected chi connectivity index (χ1v) is 6.77. The normalized spacial score (nSPS) is 11.3. The Morgan fingerprint density at radius 2 is 1.50 bits per heavy atom. The number of carboxylic acids is 1. The standard InChI is InChI=1S/C17H17NO2/c1-11-3-5-15-13(9-11)14-10-12(2)4-6-16(14)18(15)8-7-17(19)20/h3-6,9-10H,7-8H2,1-2H3,(H,19,20). The zero-order valence-corrected chi connectivity index (χ0v) is 11.7. The summed E-state index contributed by atoms with van der Waals surface area (Å²) in [5, 5.41) is 11.3. The molecule has 3 aromatic rings. The summed E-state index contributed by atoms with van der Waals surface area (Å²) < 4.78 is 2.11. The van der Waals surface area contributed by atoms with Crippen LogP contribution in [0.4, 0.5) is 0 Å². The van der Waals surface area contributed by atoms with Gasteiger partial charge in [0.2, 0.25) is 0 Å². The van der Waals surface area contributed by atoms with Gasteiger partial charge in [-0.05, 0) is 38.1 Å². The number of hydrogen-bond acceptors (Lipinski definition) is 1. The molecule has 3 nitrogen and oxygen atoms in total. The van der Waals surface area contributed by atoms with E-state index in [0.717, 1.165) is 11.0 Å². The third-order valence-electron chi connectivity index (χ3n) is 3.73. The summed E-state index contributed by atoms with van der Waals surface area (Å²) in [4.78, 5) is 10.9. The number of benzene rings is 2. The van der Waals surface area contributed by atoms with Gasteiger partial charge in [0.15, 0.2) is 0 Å². The van der Waals surface area contributed by atoms with E-state index in [1.807, 2.05) is 0 Å². The van der Waals surface area contributed by atoms with Gasteiger partial charge in [-0.3, -0.25) is 4.79 Å². The highest BCUT2D eigenvalue weighted by atomic mass is 16.4. The maximum atomic E-state index is 10.9. The van der Waals surface area contributed by atoms with Crippen LogP contribution in [0.2, 0.25) is 0 Å². The van der Waals surface area contributed by atoms with Crippen molar-refractivity contribution in [3.05, 3.63) is 47.5 Å². The minimum Gasteiger partial charge on any atom is -0.481 e. The van der Waals surface area contributed by atoms with E-state index in [1.54, 1.807) is 0 Å². The molecule has 1 N–H and O–H groups in total. The Kier molecular flexibility index (Phi) is 2.97. The highest BCUT2D eigenvalue weighted by Crippen LogP contribution is 2.30. The molecule has 20 heavy (non-hydrogen) atoms. The molecule has 0 unspecified atom stereocenters. The van der Waals surface area contributed by atoms with Crippen molar-refractivity contribution in [1.29, 1.82) is 0 Å². The predicted octanol–water partition coefficient (Wildman–Crippen LogP) is 3.89. The summed E-state index contributed by atoms with van der Waals surface area (Å²) >= 11 is 0. The number of fused-ring (bicyclic) bond motifs is 3. The maximum Gasteiger partial charge on any atom is 0.305 e. The summed E-state index contributed by atoms with van der Waals surface area (Å²) in [6, 6.07) is 12.7. The summed E-state index contributed by atoms with van der Waals surface area (Å²) in [7, 11) is 0. The van der Waals surface area contributed by atoms with E-state index in [4.69, 9.17) is 5.11 Å². The van der Waals surface area contributed by atoms with E-state index in [2.05, 4.69) is 54.8 Å². The van der Waals surface area contributed by atoms with Crippen LogP contribution < -0.4 is 0 Å². The molecule has 2 aromatic carbocycles. The third kappa shape index (κ3) is 2.05. The molecular formula is C17H17NO2. The summed E-state index contributed by atoms with van der Waals surface area (Å²) in [5.74, 6) is -0.765. The second-order valence-corrected chi connectivity index (χ2v) is 5.34. The number of aromatic nitrogens is 1. The van der Waals surface area contributed by atoms with Gasteiger partial charge < -0.3 is 9.67 Å². The van der Waals surface area contributed by atoms with E-state index < -0.39 is 5.97 Å². The Bertz CT molecular complexity index is 755. The number of carbonyl (C=O) groups is 1. The Morgan fingerprint density at radius 1 is 1.00 bits per heavy atom. The molecule has 1 heterocycles. The average molecular weight is 267 g/mol. The molecule has 0 atom stereocenters. The molecule has 0 amide bonds. The molecule has 3 heteroatoms. The van der Waals surface area contributed by atoms with Crippen molar-refractivity contribution in [3.63, 3.8) is 0 Å². The zero-order valence-electron chi connectivity index (χ0n) is 11.7. The second-order valence-electron chi connectivity index (χ2n) is 5.34. The maximum absolute atomic E-state index is 10.9. The molecule has 1 aromatic heterocycles. The van der Waals surface area contributed by atoms with Crippen molar-refractivity contribution in [3.8, 4) is 0 Å². The molecule has 0 saturated carbocycles. The summed E-state index contributed by atoms with van der Waals surface area (Å²) in [6.07, 6.45) is 0.140. The lowest BCUT2D eigenvalue weighted by Gasteiger charge is -2.05. The molecule has 102 valence electrons.